The van der Waals surface area contributed by atoms with Crippen LogP contribution in [0.4, 0.5) is 5.82 Å². The zero-order chi connectivity index (χ0) is 23.4. The van der Waals surface area contributed by atoms with Crippen molar-refractivity contribution in [2.45, 2.75) is 6.42 Å². The van der Waals surface area contributed by atoms with Crippen molar-refractivity contribution in [3.05, 3.63) is 89.6 Å². The van der Waals surface area contributed by atoms with Crippen molar-refractivity contribution in [2.75, 3.05) is 19.4 Å². The third-order valence-corrected chi connectivity index (χ3v) is 5.51. The Kier molecular flexibility index (Phi) is 6.26. The Morgan fingerprint density at radius 2 is 1.88 bits per heavy atom. The summed E-state index contributed by atoms with van der Waals surface area (Å²) < 4.78 is 6.77. The number of aromatic nitrogens is 2. The number of para-hydroxylation sites is 2. The first-order valence-corrected chi connectivity index (χ1v) is 10.5. The van der Waals surface area contributed by atoms with Crippen LogP contribution in [0.5, 0.6) is 5.75 Å². The van der Waals surface area contributed by atoms with Gasteiger partial charge in [-0.3, -0.25) is 9.59 Å². The lowest BCUT2D eigenvalue weighted by molar-refractivity contribution is 0.0945. The number of ether oxygens (including phenoxy) is 1. The third kappa shape index (κ3) is 4.50. The molecule has 0 fully saturated rings. The molecule has 1 aromatic heterocycles. The smallest absolute Gasteiger partial charge is 0.255 e. The number of hydrogen-bond donors (Lipinski definition) is 3. The van der Waals surface area contributed by atoms with E-state index >= 15 is 0 Å². The quantitative estimate of drug-likeness (QED) is 0.518. The van der Waals surface area contributed by atoms with Gasteiger partial charge in [-0.05, 0) is 42.2 Å². The van der Waals surface area contributed by atoms with Crippen LogP contribution in [-0.2, 0) is 0 Å². The monoisotopic (exact) mass is 443 g/mol. The summed E-state index contributed by atoms with van der Waals surface area (Å²) in [6.07, 6.45) is 6.51. The second-order valence-electron chi connectivity index (χ2n) is 7.65. The van der Waals surface area contributed by atoms with Crippen LogP contribution in [0.15, 0.2) is 72.8 Å². The molecule has 168 valence electrons. The highest BCUT2D eigenvalue weighted by Crippen LogP contribution is 2.30. The van der Waals surface area contributed by atoms with Crippen LogP contribution < -0.4 is 21.5 Å². The fourth-order valence-corrected chi connectivity index (χ4v) is 3.79. The molecule has 8 heteroatoms. The molecule has 1 unspecified atom stereocenters. The average molecular weight is 444 g/mol. The standard InChI is InChI=1S/C25H25N5O3/c1-33-20-10-6-5-9-19(20)25(32)28-15-16-11-13-17(14-12-16)22-21(24(27)31)23(26)30(29-22)18-7-3-2-4-8-18/h2-11,13-14,16H,12,15,26H2,1H3,(H2,27,31)(H,28,32). The van der Waals surface area contributed by atoms with Gasteiger partial charge in [0.25, 0.3) is 11.8 Å². The topological polar surface area (TPSA) is 125 Å². The summed E-state index contributed by atoms with van der Waals surface area (Å²) in [7, 11) is 1.54. The molecule has 1 heterocycles. The molecule has 0 saturated heterocycles. The Bertz CT molecular complexity index is 1240. The number of carbonyl (C=O) groups excluding carboxylic acids is 2. The molecule has 1 aliphatic rings. The number of nitrogens with one attached hydrogen (secondary N) is 1. The number of hydrogen-bond acceptors (Lipinski definition) is 5. The van der Waals surface area contributed by atoms with Gasteiger partial charge in [0.1, 0.15) is 22.8 Å². The van der Waals surface area contributed by atoms with E-state index in [9.17, 15) is 9.59 Å². The number of rotatable bonds is 7. The molecule has 2 aromatic carbocycles. The van der Waals surface area contributed by atoms with E-state index in [1.165, 1.54) is 11.8 Å². The highest BCUT2D eigenvalue weighted by atomic mass is 16.5. The molecular weight excluding hydrogens is 418 g/mol. The number of allylic oxidation sites excluding steroid dienone is 3. The van der Waals surface area contributed by atoms with Crippen molar-refractivity contribution in [2.24, 2.45) is 11.7 Å². The van der Waals surface area contributed by atoms with Gasteiger partial charge in [-0.1, -0.05) is 48.6 Å². The summed E-state index contributed by atoms with van der Waals surface area (Å²) in [5.74, 6) is -0.00433. The van der Waals surface area contributed by atoms with Gasteiger partial charge in [0, 0.05) is 6.54 Å². The first kappa shape index (κ1) is 21.9. The van der Waals surface area contributed by atoms with Crippen molar-refractivity contribution in [1.29, 1.82) is 0 Å². The van der Waals surface area contributed by atoms with Gasteiger partial charge in [0.2, 0.25) is 0 Å². The Labute approximate surface area is 191 Å². The molecule has 0 spiro atoms. The summed E-state index contributed by atoms with van der Waals surface area (Å²) in [5, 5.41) is 7.52. The fourth-order valence-electron chi connectivity index (χ4n) is 3.79. The van der Waals surface area contributed by atoms with Crippen molar-refractivity contribution in [3.63, 3.8) is 0 Å². The van der Waals surface area contributed by atoms with Gasteiger partial charge >= 0.3 is 0 Å². The minimum absolute atomic E-state index is 0.0954. The molecule has 4 rings (SSSR count). The maximum Gasteiger partial charge on any atom is 0.255 e. The second kappa shape index (κ2) is 9.44. The van der Waals surface area contributed by atoms with E-state index in [2.05, 4.69) is 10.4 Å². The van der Waals surface area contributed by atoms with Crippen molar-refractivity contribution in [1.82, 2.24) is 15.1 Å². The number of nitrogens with two attached hydrogens (primary N) is 2. The van der Waals surface area contributed by atoms with Gasteiger partial charge in [-0.2, -0.15) is 5.10 Å². The predicted molar refractivity (Wildman–Crippen MR) is 127 cm³/mol. The van der Waals surface area contributed by atoms with Crippen molar-refractivity contribution < 1.29 is 14.3 Å². The van der Waals surface area contributed by atoms with E-state index in [1.54, 1.807) is 18.2 Å². The molecule has 8 nitrogen and oxygen atoms in total. The highest BCUT2D eigenvalue weighted by Gasteiger charge is 2.24. The molecule has 0 bridgehead atoms. The number of methoxy groups -OCH3 is 1. The van der Waals surface area contributed by atoms with Crippen LogP contribution >= 0.6 is 0 Å². The number of nitrogen functional groups attached to an aromatic ring is 1. The molecule has 5 N–H and O–H groups in total. The summed E-state index contributed by atoms with van der Waals surface area (Å²) in [6.45, 7) is 0.459. The predicted octanol–water partition coefficient (Wildman–Crippen LogP) is 2.95. The summed E-state index contributed by atoms with van der Waals surface area (Å²) in [4.78, 5) is 24.7. The number of nitrogens with zero attached hydrogens (tertiary/aromatic N) is 2. The van der Waals surface area contributed by atoms with Crippen LogP contribution in [0.25, 0.3) is 11.3 Å². The van der Waals surface area contributed by atoms with Gasteiger partial charge in [-0.15, -0.1) is 0 Å². The number of carbonyl (C=O) groups is 2. The minimum Gasteiger partial charge on any atom is -0.496 e. The molecule has 0 radical (unpaired) electrons. The van der Waals surface area contributed by atoms with Gasteiger partial charge < -0.3 is 21.5 Å². The van der Waals surface area contributed by atoms with E-state index in [4.69, 9.17) is 16.2 Å². The van der Waals surface area contributed by atoms with Gasteiger partial charge in [0.05, 0.1) is 18.4 Å². The summed E-state index contributed by atoms with van der Waals surface area (Å²) in [5.41, 5.74) is 14.5. The molecule has 33 heavy (non-hydrogen) atoms. The Morgan fingerprint density at radius 1 is 1.15 bits per heavy atom. The summed E-state index contributed by atoms with van der Waals surface area (Å²) >= 11 is 0. The second-order valence-corrected chi connectivity index (χ2v) is 7.65. The van der Waals surface area contributed by atoms with Crippen LogP contribution in [0, 0.1) is 5.92 Å². The van der Waals surface area contributed by atoms with Crippen LogP contribution in [-0.4, -0.2) is 35.2 Å². The Hall–Kier alpha value is -4.33. The maximum atomic E-state index is 12.5. The molecule has 3 aromatic rings. The van der Waals surface area contributed by atoms with Crippen molar-refractivity contribution >= 4 is 23.2 Å². The van der Waals surface area contributed by atoms with Gasteiger partial charge in [-0.25, -0.2) is 4.68 Å². The number of benzene rings is 2. The normalized spacial score (nSPS) is 15.1. The zero-order valence-corrected chi connectivity index (χ0v) is 18.2. The lowest BCUT2D eigenvalue weighted by Gasteiger charge is -2.17. The van der Waals surface area contributed by atoms with Crippen LogP contribution in [0.2, 0.25) is 0 Å². The maximum absolute atomic E-state index is 12.5. The SMILES string of the molecule is COc1ccccc1C(=O)NCC1C=CC(c2nn(-c3ccccc3)c(N)c2C(N)=O)=CC1. The third-order valence-electron chi connectivity index (χ3n) is 5.51. The number of primary amides is 1. The van der Waals surface area contributed by atoms with Crippen LogP contribution in [0.1, 0.15) is 32.8 Å². The van der Waals surface area contributed by atoms with Crippen LogP contribution in [0.3, 0.4) is 0 Å². The highest BCUT2D eigenvalue weighted by molar-refractivity contribution is 6.03. The van der Waals surface area contributed by atoms with E-state index in [1.807, 2.05) is 54.6 Å². The minimum atomic E-state index is -0.634. The Balaban J connectivity index is 1.49. The molecule has 0 saturated carbocycles. The van der Waals surface area contributed by atoms with E-state index in [-0.39, 0.29) is 23.2 Å². The fraction of sp³-hybridized carbons (Fsp3) is 0.160. The van der Waals surface area contributed by atoms with E-state index < -0.39 is 5.91 Å². The first-order chi connectivity index (χ1) is 16.0. The molecule has 0 aliphatic heterocycles. The molecule has 1 atom stereocenters. The van der Waals surface area contributed by atoms with E-state index in [0.29, 0.717) is 30.0 Å². The molecule has 1 aliphatic carbocycles. The largest absolute Gasteiger partial charge is 0.496 e. The average Bonchev–Trinajstić information content (AvgIpc) is 3.20. The first-order valence-electron chi connectivity index (χ1n) is 10.5. The molecule has 2 amide bonds. The number of amides is 2. The summed E-state index contributed by atoms with van der Waals surface area (Å²) in [6, 6.07) is 16.4. The van der Waals surface area contributed by atoms with E-state index in [0.717, 1.165) is 11.3 Å². The lowest BCUT2D eigenvalue weighted by atomic mass is 9.93. The lowest BCUT2D eigenvalue weighted by Crippen LogP contribution is -2.29. The van der Waals surface area contributed by atoms with Gasteiger partial charge in [0.15, 0.2) is 0 Å². The van der Waals surface area contributed by atoms with Crippen molar-refractivity contribution in [3.8, 4) is 11.4 Å². The molecular formula is C25H25N5O3. The Morgan fingerprint density at radius 3 is 2.55 bits per heavy atom. The number of anilines is 1. The zero-order valence-electron chi connectivity index (χ0n) is 18.2.